The number of ether oxygens (including phenoxy) is 1. The van der Waals surface area contributed by atoms with E-state index in [2.05, 4.69) is 47.6 Å². The Bertz CT molecular complexity index is 498. The molecule has 0 aliphatic rings. The van der Waals surface area contributed by atoms with Crippen LogP contribution >= 0.6 is 15.9 Å². The number of anilines is 1. The summed E-state index contributed by atoms with van der Waals surface area (Å²) in [5, 5.41) is 5.77. The van der Waals surface area contributed by atoms with Gasteiger partial charge in [0.25, 0.3) is 0 Å². The molecule has 0 heterocycles. The summed E-state index contributed by atoms with van der Waals surface area (Å²) in [6.45, 7) is 6.36. The molecule has 1 radical (unpaired) electrons. The summed E-state index contributed by atoms with van der Waals surface area (Å²) in [4.78, 5) is 15.7. The van der Waals surface area contributed by atoms with Crippen LogP contribution in [0.1, 0.15) is 20.8 Å². The van der Waals surface area contributed by atoms with Crippen molar-refractivity contribution in [1.29, 1.82) is 0 Å². The molecule has 2 N–H and O–H groups in total. The first-order chi connectivity index (χ1) is 9.76. The number of carbonyl (C=O) groups excluding carboxylic acids is 1. The second-order valence-electron chi connectivity index (χ2n) is 5.25. The molecular weight excluding hydrogens is 401 g/mol. The van der Waals surface area contributed by atoms with Gasteiger partial charge in [0.2, 0.25) is 0 Å². The van der Waals surface area contributed by atoms with Gasteiger partial charge in [-0.15, -0.1) is 0 Å². The number of benzene rings is 1. The van der Waals surface area contributed by atoms with E-state index in [9.17, 15) is 4.79 Å². The number of halogens is 1. The molecule has 5 nitrogen and oxygen atoms in total. The molecule has 1 aromatic carbocycles. The van der Waals surface area contributed by atoms with Crippen LogP contribution in [0.15, 0.2) is 33.7 Å². The Labute approximate surface area is 141 Å². The van der Waals surface area contributed by atoms with Crippen molar-refractivity contribution in [2.24, 2.45) is 4.99 Å². The van der Waals surface area contributed by atoms with E-state index in [0.29, 0.717) is 17.8 Å². The number of hydrogen-bond acceptors (Lipinski definition) is 3. The van der Waals surface area contributed by atoms with Crippen molar-refractivity contribution in [2.45, 2.75) is 26.4 Å². The first kappa shape index (κ1) is 18.0. The zero-order valence-corrected chi connectivity index (χ0v) is 15.6. The molecule has 0 atom stereocenters. The molecule has 0 bridgehead atoms. The van der Waals surface area contributed by atoms with E-state index in [4.69, 9.17) is 4.74 Å². The molecule has 1 rings (SSSR count). The first-order valence-corrected chi connectivity index (χ1v) is 8.12. The fourth-order valence-electron chi connectivity index (χ4n) is 1.33. The van der Waals surface area contributed by atoms with E-state index in [0.717, 1.165) is 10.2 Å². The van der Waals surface area contributed by atoms with Crippen molar-refractivity contribution in [1.82, 2.24) is 5.32 Å². The third kappa shape index (κ3) is 8.75. The molecule has 0 saturated carbocycles. The van der Waals surface area contributed by atoms with E-state index in [1.165, 1.54) is 0 Å². The van der Waals surface area contributed by atoms with Gasteiger partial charge in [0.1, 0.15) is 0 Å². The second kappa shape index (κ2) is 8.41. The van der Waals surface area contributed by atoms with Crippen LogP contribution in [0.4, 0.5) is 10.5 Å². The zero-order valence-electron chi connectivity index (χ0n) is 12.3. The number of amidine groups is 1. The number of amides is 1. The molecule has 0 saturated heterocycles. The van der Waals surface area contributed by atoms with E-state index < -0.39 is 11.7 Å². The molecule has 0 aliphatic heterocycles. The summed E-state index contributed by atoms with van der Waals surface area (Å²) in [6.07, 6.45) is -0.430. The van der Waals surface area contributed by atoms with Gasteiger partial charge in [0, 0.05) is 0 Å². The van der Waals surface area contributed by atoms with Crippen LogP contribution < -0.4 is 10.6 Å². The normalized spacial score (nSPS) is 11.9. The van der Waals surface area contributed by atoms with Crippen molar-refractivity contribution in [3.8, 4) is 0 Å². The maximum absolute atomic E-state index is 11.4. The van der Waals surface area contributed by atoms with E-state index in [1.807, 2.05) is 45.0 Å². The summed E-state index contributed by atoms with van der Waals surface area (Å²) in [7, 11) is 0. The van der Waals surface area contributed by atoms with Crippen LogP contribution in [-0.2, 0) is 4.74 Å². The quantitative estimate of drug-likeness (QED) is 0.341. The fraction of sp³-hybridized carbons (Fsp3) is 0.429. The predicted molar refractivity (Wildman–Crippen MR) is 90.1 cm³/mol. The maximum atomic E-state index is 11.4. The molecule has 21 heavy (non-hydrogen) atoms. The third-order valence-electron chi connectivity index (χ3n) is 2.13. The Morgan fingerprint density at radius 3 is 2.52 bits per heavy atom. The Balaban J connectivity index is 2.30. The van der Waals surface area contributed by atoms with Crippen LogP contribution in [0.3, 0.4) is 0 Å². The molecule has 0 spiro atoms. The summed E-state index contributed by atoms with van der Waals surface area (Å²) in [6, 6.07) is 7.77. The average Bonchev–Trinajstić information content (AvgIpc) is 2.35. The summed E-state index contributed by atoms with van der Waals surface area (Å²) in [5.41, 5.74) is 0.455. The van der Waals surface area contributed by atoms with Crippen molar-refractivity contribution in [3.05, 3.63) is 28.7 Å². The molecule has 0 aromatic heterocycles. The minimum absolute atomic E-state index is 0.419. The van der Waals surface area contributed by atoms with Crippen molar-refractivity contribution in [2.75, 3.05) is 18.4 Å². The van der Waals surface area contributed by atoms with Crippen LogP contribution in [-0.4, -0.2) is 45.5 Å². The van der Waals surface area contributed by atoms with Gasteiger partial charge >= 0.3 is 142 Å². The molecule has 0 fully saturated rings. The van der Waals surface area contributed by atoms with Crippen molar-refractivity contribution in [3.63, 3.8) is 0 Å². The topological polar surface area (TPSA) is 62.7 Å². The van der Waals surface area contributed by atoms with Gasteiger partial charge in [-0.25, -0.2) is 0 Å². The number of aliphatic imine (C=N–C) groups is 1. The van der Waals surface area contributed by atoms with Gasteiger partial charge in [-0.3, -0.25) is 0 Å². The summed E-state index contributed by atoms with van der Waals surface area (Å²) < 4.78 is 6.82. The van der Waals surface area contributed by atoms with E-state index in [1.54, 1.807) is 0 Å². The molecule has 0 aliphatic carbocycles. The molecule has 115 valence electrons. The Morgan fingerprint density at radius 1 is 1.33 bits per heavy atom. The average molecular weight is 420 g/mol. The molecule has 1 aromatic rings. The zero-order chi connectivity index (χ0) is 15.9. The SMILES string of the molecule is CC(C)(C)OC(=O)NCCN=C([Se])Nc1ccc(Br)cc1. The number of nitrogens with zero attached hydrogens (tertiary/aromatic N) is 1. The second-order valence-corrected chi connectivity index (χ2v) is 6.97. The Kier molecular flexibility index (Phi) is 7.22. The first-order valence-electron chi connectivity index (χ1n) is 6.47. The van der Waals surface area contributed by atoms with Gasteiger partial charge in [-0.2, -0.15) is 0 Å². The van der Waals surface area contributed by atoms with Crippen LogP contribution in [0, 0.1) is 0 Å². The van der Waals surface area contributed by atoms with Crippen molar-refractivity contribution < 1.29 is 9.53 Å². The van der Waals surface area contributed by atoms with Crippen LogP contribution in [0.2, 0.25) is 0 Å². The molecule has 0 unspecified atom stereocenters. The van der Waals surface area contributed by atoms with Gasteiger partial charge in [0.05, 0.1) is 0 Å². The standard InChI is InChI=1S/C14H19BrN3O2Se/c1-14(2,3)20-13(19)17-9-8-16-12(21)18-11-6-4-10(15)5-7-11/h4-7H,8-9H2,1-3H3,(H,16,18)(H,17,19). The Morgan fingerprint density at radius 2 is 1.95 bits per heavy atom. The van der Waals surface area contributed by atoms with Gasteiger partial charge in [-0.05, 0) is 0 Å². The molecule has 1 amide bonds. The van der Waals surface area contributed by atoms with Crippen LogP contribution in [0.25, 0.3) is 0 Å². The Hall–Kier alpha value is -1.04. The third-order valence-corrected chi connectivity index (χ3v) is 3.14. The van der Waals surface area contributed by atoms with Gasteiger partial charge in [-0.1, -0.05) is 0 Å². The number of alkyl carbamates (subject to hydrolysis) is 1. The monoisotopic (exact) mass is 420 g/mol. The minimum atomic E-state index is -0.486. The number of carbonyl (C=O) groups is 1. The van der Waals surface area contributed by atoms with Crippen LogP contribution in [0.5, 0.6) is 0 Å². The van der Waals surface area contributed by atoms with Gasteiger partial charge in [0.15, 0.2) is 0 Å². The predicted octanol–water partition coefficient (Wildman–Crippen LogP) is 2.91. The number of rotatable bonds is 4. The summed E-state index contributed by atoms with van der Waals surface area (Å²) in [5.74, 6) is 0. The number of hydrogen-bond donors (Lipinski definition) is 2. The molecule has 7 heteroatoms. The molecular formula is C14H19BrN3O2Se. The fourth-order valence-corrected chi connectivity index (χ4v) is 2.03. The van der Waals surface area contributed by atoms with Gasteiger partial charge < -0.3 is 0 Å². The number of nitrogens with one attached hydrogen (secondary N) is 2. The van der Waals surface area contributed by atoms with Crippen molar-refractivity contribution >= 4 is 48.5 Å². The van der Waals surface area contributed by atoms with E-state index in [-0.39, 0.29) is 0 Å². The van der Waals surface area contributed by atoms with E-state index >= 15 is 0 Å². The summed E-state index contributed by atoms with van der Waals surface area (Å²) >= 11 is 6.23.